The minimum absolute atomic E-state index is 0.106. The zero-order chi connectivity index (χ0) is 16.0. The third-order valence-electron chi connectivity index (χ3n) is 4.33. The lowest BCUT2D eigenvalue weighted by atomic mass is 9.82. The summed E-state index contributed by atoms with van der Waals surface area (Å²) in [6.45, 7) is 1.83. The van der Waals surface area contributed by atoms with E-state index >= 15 is 0 Å². The number of aryl methyl sites for hydroxylation is 1. The van der Waals surface area contributed by atoms with E-state index < -0.39 is 0 Å². The molecule has 1 aliphatic rings. The van der Waals surface area contributed by atoms with Crippen molar-refractivity contribution in [1.82, 2.24) is 19.6 Å². The van der Waals surface area contributed by atoms with Gasteiger partial charge in [-0.05, 0) is 37.0 Å². The van der Waals surface area contributed by atoms with E-state index in [1.54, 1.807) is 17.8 Å². The van der Waals surface area contributed by atoms with Crippen LogP contribution >= 0.6 is 0 Å². The van der Waals surface area contributed by atoms with Crippen molar-refractivity contribution in [2.45, 2.75) is 25.7 Å². The summed E-state index contributed by atoms with van der Waals surface area (Å²) in [7, 11) is 1.65. The molecule has 0 spiro atoms. The smallest absolute Gasteiger partial charge is 0.252 e. The maximum absolute atomic E-state index is 12.5. The molecule has 0 radical (unpaired) electrons. The predicted octanol–water partition coefficient (Wildman–Crippen LogP) is 2.35. The number of rotatable bonds is 2. The Bertz CT molecular complexity index is 899. The number of ketones is 1. The summed E-state index contributed by atoms with van der Waals surface area (Å²) >= 11 is 0. The van der Waals surface area contributed by atoms with Crippen molar-refractivity contribution < 1.29 is 9.53 Å². The summed E-state index contributed by atoms with van der Waals surface area (Å²) in [5.74, 6) is 2.26. The maximum Gasteiger partial charge on any atom is 0.252 e. The van der Waals surface area contributed by atoms with Gasteiger partial charge in [-0.25, -0.2) is 9.50 Å². The van der Waals surface area contributed by atoms with Gasteiger partial charge < -0.3 is 4.74 Å². The van der Waals surface area contributed by atoms with Crippen molar-refractivity contribution in [3.05, 3.63) is 53.1 Å². The van der Waals surface area contributed by atoms with E-state index in [0.29, 0.717) is 23.6 Å². The third kappa shape index (κ3) is 2.27. The first-order valence-electron chi connectivity index (χ1n) is 7.54. The highest BCUT2D eigenvalue weighted by atomic mass is 16.5. The quantitative estimate of drug-likeness (QED) is 0.727. The maximum atomic E-state index is 12.5. The van der Waals surface area contributed by atoms with Crippen LogP contribution in [0, 0.1) is 6.92 Å². The number of ether oxygens (including phenoxy) is 1. The van der Waals surface area contributed by atoms with Gasteiger partial charge in [-0.2, -0.15) is 10.1 Å². The fourth-order valence-corrected chi connectivity index (χ4v) is 3.16. The highest BCUT2D eigenvalue weighted by Crippen LogP contribution is 2.33. The van der Waals surface area contributed by atoms with E-state index in [9.17, 15) is 4.79 Å². The van der Waals surface area contributed by atoms with Gasteiger partial charge in [0, 0.05) is 12.6 Å². The van der Waals surface area contributed by atoms with Crippen LogP contribution in [-0.2, 0) is 6.42 Å². The molecule has 0 bridgehead atoms. The van der Waals surface area contributed by atoms with Gasteiger partial charge in [-0.3, -0.25) is 4.79 Å². The van der Waals surface area contributed by atoms with Crippen LogP contribution in [0.4, 0.5) is 0 Å². The Morgan fingerprint density at radius 3 is 2.74 bits per heavy atom. The number of carbonyl (C=O) groups is 1. The highest BCUT2D eigenvalue weighted by Gasteiger charge is 2.29. The molecule has 23 heavy (non-hydrogen) atoms. The molecule has 1 aromatic carbocycles. The Kier molecular flexibility index (Phi) is 3.11. The summed E-state index contributed by atoms with van der Waals surface area (Å²) in [6, 6.07) is 7.90. The highest BCUT2D eigenvalue weighted by molar-refractivity contribution is 5.98. The first-order valence-corrected chi connectivity index (χ1v) is 7.54. The summed E-state index contributed by atoms with van der Waals surface area (Å²) in [5.41, 5.74) is 2.69. The summed E-state index contributed by atoms with van der Waals surface area (Å²) in [5, 5.41) is 4.39. The molecule has 1 aliphatic carbocycles. The van der Waals surface area contributed by atoms with E-state index in [4.69, 9.17) is 4.74 Å². The molecular formula is C17H16N4O2. The molecule has 0 saturated carbocycles. The van der Waals surface area contributed by atoms with Crippen LogP contribution in [0.25, 0.3) is 5.78 Å². The number of hydrogen-bond donors (Lipinski definition) is 0. The third-order valence-corrected chi connectivity index (χ3v) is 4.33. The number of fused-ring (bicyclic) bond motifs is 3. The zero-order valence-electron chi connectivity index (χ0n) is 13.0. The van der Waals surface area contributed by atoms with Crippen molar-refractivity contribution >= 4 is 11.6 Å². The number of hydrogen-bond acceptors (Lipinski definition) is 5. The second-order valence-corrected chi connectivity index (χ2v) is 5.79. The van der Waals surface area contributed by atoms with Gasteiger partial charge in [-0.1, -0.05) is 12.1 Å². The number of nitrogens with zero attached hydrogens (tertiary/aromatic N) is 4. The number of Topliss-reactive ketones (excluding diaryl/α,β-unsaturated/α-hetero) is 1. The molecule has 1 atom stereocenters. The number of methoxy groups -OCH3 is 1. The number of aromatic nitrogens is 4. The molecule has 6 nitrogen and oxygen atoms in total. The number of carbonyl (C=O) groups excluding carboxylic acids is 1. The van der Waals surface area contributed by atoms with E-state index in [1.807, 2.05) is 31.2 Å². The van der Waals surface area contributed by atoms with Crippen molar-refractivity contribution in [2.24, 2.45) is 0 Å². The van der Waals surface area contributed by atoms with Crippen LogP contribution in [0.1, 0.15) is 39.8 Å². The van der Waals surface area contributed by atoms with Gasteiger partial charge in [0.2, 0.25) is 0 Å². The van der Waals surface area contributed by atoms with Crippen LogP contribution in [0.15, 0.2) is 30.5 Å². The fourth-order valence-electron chi connectivity index (χ4n) is 3.16. The Labute approximate surface area is 133 Å². The Hall–Kier alpha value is -2.76. The molecule has 2 heterocycles. The average Bonchev–Trinajstić information content (AvgIpc) is 2.95. The van der Waals surface area contributed by atoms with E-state index in [0.717, 1.165) is 23.4 Å². The van der Waals surface area contributed by atoms with E-state index in [-0.39, 0.29) is 11.7 Å². The van der Waals surface area contributed by atoms with Crippen LogP contribution in [0.3, 0.4) is 0 Å². The largest absolute Gasteiger partial charge is 0.497 e. The van der Waals surface area contributed by atoms with Crippen molar-refractivity contribution in [2.75, 3.05) is 7.11 Å². The molecule has 0 aliphatic heterocycles. The first-order chi connectivity index (χ1) is 11.2. The molecule has 116 valence electrons. The number of benzene rings is 1. The normalized spacial score (nSPS) is 17.3. The van der Waals surface area contributed by atoms with Gasteiger partial charge in [-0.15, -0.1) is 0 Å². The Balaban J connectivity index is 1.77. The summed E-state index contributed by atoms with van der Waals surface area (Å²) < 4.78 is 6.90. The zero-order valence-corrected chi connectivity index (χ0v) is 13.0. The van der Waals surface area contributed by atoms with Crippen molar-refractivity contribution in [1.29, 1.82) is 0 Å². The molecule has 0 fully saturated rings. The minimum Gasteiger partial charge on any atom is -0.497 e. The van der Waals surface area contributed by atoms with E-state index in [2.05, 4.69) is 15.1 Å². The molecule has 0 saturated heterocycles. The van der Waals surface area contributed by atoms with Crippen LogP contribution in [0.2, 0.25) is 0 Å². The topological polar surface area (TPSA) is 69.4 Å². The van der Waals surface area contributed by atoms with E-state index in [1.165, 1.54) is 0 Å². The lowest BCUT2D eigenvalue weighted by molar-refractivity contribution is 0.0962. The van der Waals surface area contributed by atoms with Crippen LogP contribution < -0.4 is 4.74 Å². The Morgan fingerprint density at radius 2 is 2.00 bits per heavy atom. The molecule has 1 unspecified atom stereocenters. The molecule has 0 amide bonds. The summed E-state index contributed by atoms with van der Waals surface area (Å²) in [6.07, 6.45) is 2.86. The van der Waals surface area contributed by atoms with Gasteiger partial charge in [0.05, 0.1) is 18.4 Å². The van der Waals surface area contributed by atoms with Gasteiger partial charge in [0.25, 0.3) is 5.78 Å². The summed E-state index contributed by atoms with van der Waals surface area (Å²) in [4.78, 5) is 21.0. The monoisotopic (exact) mass is 308 g/mol. The van der Waals surface area contributed by atoms with Gasteiger partial charge >= 0.3 is 0 Å². The second-order valence-electron chi connectivity index (χ2n) is 5.79. The standard InChI is InChI=1S/C17H16N4O2/c1-10-19-17-18-9-14-15(21(17)20-10)7-12(8-16(14)22)11-3-5-13(23-2)6-4-11/h3-6,9,12H,7-8H2,1-2H3. The SMILES string of the molecule is COc1ccc(C2CC(=O)c3cnc4nc(C)nn4c3C2)cc1. The lowest BCUT2D eigenvalue weighted by Gasteiger charge is -2.24. The molecule has 0 N–H and O–H groups in total. The van der Waals surface area contributed by atoms with Crippen molar-refractivity contribution in [3.63, 3.8) is 0 Å². The minimum atomic E-state index is 0.106. The van der Waals surface area contributed by atoms with Gasteiger partial charge in [0.1, 0.15) is 11.6 Å². The Morgan fingerprint density at radius 1 is 1.22 bits per heavy atom. The predicted molar refractivity (Wildman–Crippen MR) is 83.9 cm³/mol. The molecule has 3 aromatic rings. The first kappa shape index (κ1) is 13.9. The lowest BCUT2D eigenvalue weighted by Crippen LogP contribution is -2.22. The van der Waals surface area contributed by atoms with Crippen LogP contribution in [0.5, 0.6) is 5.75 Å². The molecule has 2 aromatic heterocycles. The molecule has 4 rings (SSSR count). The van der Waals surface area contributed by atoms with Crippen LogP contribution in [-0.4, -0.2) is 32.5 Å². The molecular weight excluding hydrogens is 292 g/mol. The average molecular weight is 308 g/mol. The van der Waals surface area contributed by atoms with Crippen molar-refractivity contribution in [3.8, 4) is 5.75 Å². The molecule has 6 heteroatoms. The second kappa shape index (κ2) is 5.15. The fraction of sp³-hybridized carbons (Fsp3) is 0.294. The van der Waals surface area contributed by atoms with Gasteiger partial charge in [0.15, 0.2) is 5.78 Å².